The normalized spacial score (nSPS) is 46.4. The summed E-state index contributed by atoms with van der Waals surface area (Å²) < 4.78 is 49.1. The Kier molecular flexibility index (Phi) is 7.47. The Morgan fingerprint density at radius 3 is 2.00 bits per heavy atom. The van der Waals surface area contributed by atoms with E-state index in [1.807, 2.05) is 0 Å². The molecule has 0 unspecified atom stereocenters. The first kappa shape index (κ1) is 22.8. The van der Waals surface area contributed by atoms with Gasteiger partial charge in [0.25, 0.3) is 0 Å². The molecule has 27 heavy (non-hydrogen) atoms. The van der Waals surface area contributed by atoms with E-state index in [-0.39, 0.29) is 0 Å². The van der Waals surface area contributed by atoms with Gasteiger partial charge in [0.2, 0.25) is 0 Å². The molecule has 160 valence electrons. The molecule has 0 spiro atoms. The first-order valence-electron chi connectivity index (χ1n) is 7.73. The number of aliphatic hydroxyl groups excluding tert-OH is 7. The van der Waals surface area contributed by atoms with Gasteiger partial charge in [0.15, 0.2) is 12.6 Å². The molecule has 2 saturated heterocycles. The molecule has 2 heterocycles. The summed E-state index contributed by atoms with van der Waals surface area (Å²) in [5, 5.41) is 68.1. The van der Waals surface area contributed by atoms with Crippen LogP contribution < -0.4 is 0 Å². The fourth-order valence-electron chi connectivity index (χ4n) is 2.71. The topological polar surface area (TPSA) is 233 Å². The first-order chi connectivity index (χ1) is 12.5. The van der Waals surface area contributed by atoms with E-state index in [4.69, 9.17) is 18.8 Å². The maximum absolute atomic E-state index is 10.6. The Balaban J connectivity index is 2.12. The van der Waals surface area contributed by atoms with Crippen LogP contribution in [-0.2, 0) is 28.8 Å². The van der Waals surface area contributed by atoms with E-state index in [0.717, 1.165) is 0 Å². The predicted octanol–water partition coefficient (Wildman–Crippen LogP) is -5.57. The molecule has 0 aromatic heterocycles. The number of hydrogen-bond acceptors (Lipinski definition) is 13. The van der Waals surface area contributed by atoms with Gasteiger partial charge in [-0.2, -0.15) is 8.42 Å². The standard InChI is InChI=1S/C12H22O14S/c13-1-3-10(7(16)8(17)11(19)24-3)26-12-9(18)6(15)5(14)4(25-12)2-23-27(20,21)22/h3-19H,1-2H2,(H,20,21,22)/t3-,4-,5-,6+,7-,8-,9-,10-,11-,12-/m1/s1. The van der Waals surface area contributed by atoms with Crippen LogP contribution in [0.3, 0.4) is 0 Å². The lowest BCUT2D eigenvalue weighted by Crippen LogP contribution is -2.64. The molecule has 2 rings (SSSR count). The van der Waals surface area contributed by atoms with Gasteiger partial charge in [0.05, 0.1) is 13.2 Å². The lowest BCUT2D eigenvalue weighted by atomic mass is 9.97. The molecular formula is C12H22O14S. The highest BCUT2D eigenvalue weighted by Crippen LogP contribution is 2.28. The Bertz CT molecular complexity index is 583. The number of rotatable bonds is 6. The number of hydrogen-bond donors (Lipinski definition) is 8. The fraction of sp³-hybridized carbons (Fsp3) is 1.00. The second-order valence-electron chi connectivity index (χ2n) is 6.06. The lowest BCUT2D eigenvalue weighted by Gasteiger charge is -2.45. The van der Waals surface area contributed by atoms with Crippen LogP contribution >= 0.6 is 0 Å². The molecule has 0 aromatic carbocycles. The van der Waals surface area contributed by atoms with Crippen molar-refractivity contribution >= 4 is 10.4 Å². The van der Waals surface area contributed by atoms with Crippen molar-refractivity contribution in [3.8, 4) is 0 Å². The summed E-state index contributed by atoms with van der Waals surface area (Å²) in [7, 11) is -4.89. The van der Waals surface area contributed by atoms with Crippen LogP contribution in [0.2, 0.25) is 0 Å². The Hall–Kier alpha value is -0.530. The van der Waals surface area contributed by atoms with Gasteiger partial charge in [0, 0.05) is 0 Å². The van der Waals surface area contributed by atoms with Crippen molar-refractivity contribution in [3.05, 3.63) is 0 Å². The third kappa shape index (κ3) is 5.30. The van der Waals surface area contributed by atoms with E-state index in [0.29, 0.717) is 0 Å². The minimum absolute atomic E-state index is 0.769. The second-order valence-corrected chi connectivity index (χ2v) is 7.15. The SMILES string of the molecule is O=S(=O)(O)OC[C@H]1O[C@H](O[C@H]2[C@H](O)[C@@H](O)[C@H](O)O[C@@H]2CO)[C@H](O)[C@@H](O)[C@@H]1O. The van der Waals surface area contributed by atoms with Crippen LogP contribution in [0.1, 0.15) is 0 Å². The zero-order valence-electron chi connectivity index (χ0n) is 13.6. The first-order valence-corrected chi connectivity index (χ1v) is 9.10. The minimum atomic E-state index is -4.89. The molecule has 0 saturated carbocycles. The fourth-order valence-corrected chi connectivity index (χ4v) is 3.02. The molecule has 2 aliphatic rings. The van der Waals surface area contributed by atoms with E-state index < -0.39 is 85.0 Å². The molecule has 10 atom stereocenters. The molecule has 2 aliphatic heterocycles. The zero-order chi connectivity index (χ0) is 20.5. The maximum Gasteiger partial charge on any atom is 0.397 e. The van der Waals surface area contributed by atoms with Crippen LogP contribution in [0.25, 0.3) is 0 Å². The molecule has 0 amide bonds. The lowest BCUT2D eigenvalue weighted by molar-refractivity contribution is -0.354. The van der Waals surface area contributed by atoms with Crippen LogP contribution in [0.4, 0.5) is 0 Å². The van der Waals surface area contributed by atoms with Gasteiger partial charge in [-0.15, -0.1) is 0 Å². The third-order valence-electron chi connectivity index (χ3n) is 4.18. The highest BCUT2D eigenvalue weighted by atomic mass is 32.3. The van der Waals surface area contributed by atoms with E-state index >= 15 is 0 Å². The van der Waals surface area contributed by atoms with Crippen molar-refractivity contribution in [2.45, 2.75) is 61.4 Å². The van der Waals surface area contributed by atoms with Gasteiger partial charge < -0.3 is 50.0 Å². The van der Waals surface area contributed by atoms with Crippen molar-refractivity contribution in [3.63, 3.8) is 0 Å². The zero-order valence-corrected chi connectivity index (χ0v) is 14.4. The van der Waals surface area contributed by atoms with Crippen molar-refractivity contribution in [1.82, 2.24) is 0 Å². The summed E-state index contributed by atoms with van der Waals surface area (Å²) in [6.07, 6.45) is -17.3. The number of aliphatic hydroxyl groups is 7. The third-order valence-corrected chi connectivity index (χ3v) is 4.61. The number of ether oxygens (including phenoxy) is 3. The second kappa shape index (κ2) is 8.87. The van der Waals surface area contributed by atoms with Crippen molar-refractivity contribution < 1.29 is 67.1 Å². The van der Waals surface area contributed by atoms with E-state index in [2.05, 4.69) is 4.18 Å². The monoisotopic (exact) mass is 422 g/mol. The Labute approximate surface area is 153 Å². The van der Waals surface area contributed by atoms with Crippen molar-refractivity contribution in [2.24, 2.45) is 0 Å². The van der Waals surface area contributed by atoms with Crippen molar-refractivity contribution in [2.75, 3.05) is 13.2 Å². The average molecular weight is 422 g/mol. The van der Waals surface area contributed by atoms with Gasteiger partial charge >= 0.3 is 10.4 Å². The highest BCUT2D eigenvalue weighted by Gasteiger charge is 2.50. The Morgan fingerprint density at radius 1 is 0.815 bits per heavy atom. The molecule has 14 nitrogen and oxygen atoms in total. The molecule has 0 bridgehead atoms. The summed E-state index contributed by atoms with van der Waals surface area (Å²) in [5.41, 5.74) is 0. The summed E-state index contributed by atoms with van der Waals surface area (Å²) in [5.74, 6) is 0. The van der Waals surface area contributed by atoms with E-state index in [1.54, 1.807) is 0 Å². The van der Waals surface area contributed by atoms with E-state index in [1.165, 1.54) is 0 Å². The molecule has 15 heteroatoms. The summed E-state index contributed by atoms with van der Waals surface area (Å²) in [4.78, 5) is 0. The largest absolute Gasteiger partial charge is 0.397 e. The molecular weight excluding hydrogens is 400 g/mol. The van der Waals surface area contributed by atoms with Gasteiger partial charge in [-0.1, -0.05) is 0 Å². The maximum atomic E-state index is 10.6. The van der Waals surface area contributed by atoms with E-state index in [9.17, 15) is 44.2 Å². The smallest absolute Gasteiger partial charge is 0.394 e. The summed E-state index contributed by atoms with van der Waals surface area (Å²) in [6, 6.07) is 0. The van der Waals surface area contributed by atoms with Crippen LogP contribution in [-0.4, -0.2) is 123 Å². The van der Waals surface area contributed by atoms with Gasteiger partial charge in [-0.25, -0.2) is 4.18 Å². The predicted molar refractivity (Wildman–Crippen MR) is 79.0 cm³/mol. The molecule has 2 fully saturated rings. The quantitative estimate of drug-likeness (QED) is 0.186. The average Bonchev–Trinajstić information content (AvgIpc) is 2.60. The van der Waals surface area contributed by atoms with Crippen molar-refractivity contribution in [1.29, 1.82) is 0 Å². The minimum Gasteiger partial charge on any atom is -0.394 e. The molecule has 0 aromatic rings. The van der Waals surface area contributed by atoms with Gasteiger partial charge in [0.1, 0.15) is 48.8 Å². The van der Waals surface area contributed by atoms with Crippen LogP contribution in [0, 0.1) is 0 Å². The van der Waals surface area contributed by atoms with Crippen LogP contribution in [0.15, 0.2) is 0 Å². The van der Waals surface area contributed by atoms with Gasteiger partial charge in [-0.05, 0) is 0 Å². The highest BCUT2D eigenvalue weighted by molar-refractivity contribution is 7.80. The molecule has 0 radical (unpaired) electrons. The molecule has 0 aliphatic carbocycles. The van der Waals surface area contributed by atoms with Gasteiger partial charge in [-0.3, -0.25) is 4.55 Å². The summed E-state index contributed by atoms with van der Waals surface area (Å²) in [6.45, 7) is -1.72. The Morgan fingerprint density at radius 2 is 1.44 bits per heavy atom. The summed E-state index contributed by atoms with van der Waals surface area (Å²) >= 11 is 0. The van der Waals surface area contributed by atoms with Crippen LogP contribution in [0.5, 0.6) is 0 Å². The molecule has 8 N–H and O–H groups in total.